The summed E-state index contributed by atoms with van der Waals surface area (Å²) in [4.78, 5) is 27.7. The number of halogens is 1. The Balaban J connectivity index is 1.53. The van der Waals surface area contributed by atoms with E-state index in [9.17, 15) is 14.3 Å². The van der Waals surface area contributed by atoms with E-state index in [-0.39, 0.29) is 16.6 Å². The van der Waals surface area contributed by atoms with Crippen LogP contribution < -0.4 is 4.74 Å². The third kappa shape index (κ3) is 5.75. The zero-order valence-corrected chi connectivity index (χ0v) is 17.4. The number of nitro benzene ring substituents is 1. The number of oxime groups is 1. The molecule has 10 nitrogen and oxygen atoms in total. The number of aromatic nitrogens is 2. The second-order valence-corrected chi connectivity index (χ2v) is 7.63. The minimum atomic E-state index is -1.51. The zero-order valence-electron chi connectivity index (χ0n) is 15.0. The smallest absolute Gasteiger partial charge is 0.311 e. The van der Waals surface area contributed by atoms with Crippen molar-refractivity contribution in [2.75, 3.05) is 0 Å². The van der Waals surface area contributed by atoms with Crippen molar-refractivity contribution in [1.29, 1.82) is 0 Å². The maximum absolute atomic E-state index is 12.4. The van der Waals surface area contributed by atoms with E-state index >= 15 is 0 Å². The van der Waals surface area contributed by atoms with E-state index in [1.54, 1.807) is 30.3 Å². The Morgan fingerprint density at radius 1 is 1.07 bits per heavy atom. The second-order valence-electron chi connectivity index (χ2n) is 5.34. The molecule has 3 rings (SSSR count). The first kappa shape index (κ1) is 21.2. The molecule has 0 aliphatic heterocycles. The van der Waals surface area contributed by atoms with Gasteiger partial charge in [0.25, 0.3) is 0 Å². The lowest BCUT2D eigenvalue weighted by Gasteiger charge is -2.01. The van der Waals surface area contributed by atoms with Crippen LogP contribution in [0.5, 0.6) is 5.75 Å². The summed E-state index contributed by atoms with van der Waals surface area (Å²) < 4.78 is 18.2. The number of rotatable bonds is 8. The summed E-state index contributed by atoms with van der Waals surface area (Å²) in [6.45, 7) is 0. The summed E-state index contributed by atoms with van der Waals surface area (Å²) in [7, 11) is -1.51. The third-order valence-corrected chi connectivity index (χ3v) is 5.06. The summed E-state index contributed by atoms with van der Waals surface area (Å²) >= 11 is 3.22. The van der Waals surface area contributed by atoms with Crippen molar-refractivity contribution in [2.45, 2.75) is 10.1 Å². The van der Waals surface area contributed by atoms with Gasteiger partial charge in [-0.1, -0.05) is 12.1 Å². The normalized spacial score (nSPS) is 12.2. The van der Waals surface area contributed by atoms with Gasteiger partial charge in [0.1, 0.15) is 10.8 Å². The maximum Gasteiger partial charge on any atom is 0.311 e. The van der Waals surface area contributed by atoms with Crippen molar-refractivity contribution in [1.82, 2.24) is 9.97 Å². The maximum atomic E-state index is 12.4. The SMILES string of the molecule is O=[N+]([O-])c1ccccc1OC=NOC=Nc1ccc(S(=O)c2ncc(Br)cn2)cc1. The molecule has 0 amide bonds. The van der Waals surface area contributed by atoms with Gasteiger partial charge in [-0.2, -0.15) is 0 Å². The molecule has 0 N–H and O–H groups in total. The molecule has 0 saturated carbocycles. The van der Waals surface area contributed by atoms with Crippen LogP contribution in [0, 0.1) is 10.1 Å². The van der Waals surface area contributed by atoms with E-state index in [2.05, 4.69) is 36.0 Å². The van der Waals surface area contributed by atoms with E-state index in [1.165, 1.54) is 30.6 Å². The van der Waals surface area contributed by atoms with Gasteiger partial charge in [0, 0.05) is 23.4 Å². The number of benzene rings is 2. The number of hydrogen-bond acceptors (Lipinski definition) is 9. The van der Waals surface area contributed by atoms with Crippen molar-refractivity contribution in [2.24, 2.45) is 10.1 Å². The number of para-hydroxylation sites is 2. The van der Waals surface area contributed by atoms with Gasteiger partial charge in [0.15, 0.2) is 0 Å². The van der Waals surface area contributed by atoms with Crippen molar-refractivity contribution in [3.05, 3.63) is 75.5 Å². The molecule has 0 fully saturated rings. The lowest BCUT2D eigenvalue weighted by Crippen LogP contribution is -1.98. The predicted molar refractivity (Wildman–Crippen MR) is 112 cm³/mol. The van der Waals surface area contributed by atoms with Crippen LogP contribution in [0.1, 0.15) is 0 Å². The van der Waals surface area contributed by atoms with Crippen molar-refractivity contribution in [3.8, 4) is 5.75 Å². The van der Waals surface area contributed by atoms with Crippen LogP contribution in [0.3, 0.4) is 0 Å². The van der Waals surface area contributed by atoms with E-state index in [4.69, 9.17) is 9.57 Å². The molecule has 30 heavy (non-hydrogen) atoms. The molecule has 1 heterocycles. The van der Waals surface area contributed by atoms with Crippen LogP contribution in [0.25, 0.3) is 0 Å². The molecule has 2 aromatic carbocycles. The second kappa shape index (κ2) is 10.3. The fourth-order valence-corrected chi connectivity index (χ4v) is 3.18. The van der Waals surface area contributed by atoms with Gasteiger partial charge in [-0.15, -0.1) is 0 Å². The highest BCUT2D eigenvalue weighted by Crippen LogP contribution is 2.25. The zero-order chi connectivity index (χ0) is 21.3. The summed E-state index contributed by atoms with van der Waals surface area (Å²) in [6, 6.07) is 12.4. The molecule has 1 aromatic heterocycles. The minimum Gasteiger partial charge on any atom is -0.435 e. The van der Waals surface area contributed by atoms with Gasteiger partial charge in [0.2, 0.25) is 23.7 Å². The molecule has 3 aromatic rings. The average Bonchev–Trinajstić information content (AvgIpc) is 2.77. The van der Waals surface area contributed by atoms with Gasteiger partial charge in [0.05, 0.1) is 15.1 Å². The van der Waals surface area contributed by atoms with Crippen molar-refractivity contribution >= 4 is 50.9 Å². The Morgan fingerprint density at radius 2 is 1.77 bits per heavy atom. The molecule has 0 spiro atoms. The van der Waals surface area contributed by atoms with Crippen LogP contribution in [0.2, 0.25) is 0 Å². The predicted octanol–water partition coefficient (Wildman–Crippen LogP) is 4.01. The molecule has 0 saturated heterocycles. The molecular weight excluding hydrogens is 478 g/mol. The lowest BCUT2D eigenvalue weighted by atomic mass is 10.3. The molecule has 0 aliphatic rings. The molecule has 0 aliphatic carbocycles. The highest BCUT2D eigenvalue weighted by atomic mass is 79.9. The summed E-state index contributed by atoms with van der Waals surface area (Å²) in [5.41, 5.74) is 0.339. The Bertz CT molecular complexity index is 1110. The molecule has 0 radical (unpaired) electrons. The molecular formula is C18H12BrN5O5S. The Kier molecular flexibility index (Phi) is 7.29. The number of ether oxygens (including phenoxy) is 1. The highest BCUT2D eigenvalue weighted by Gasteiger charge is 2.12. The van der Waals surface area contributed by atoms with Crippen molar-refractivity contribution in [3.63, 3.8) is 0 Å². The monoisotopic (exact) mass is 489 g/mol. The first-order valence-corrected chi connectivity index (χ1v) is 10.1. The molecule has 12 heteroatoms. The highest BCUT2D eigenvalue weighted by molar-refractivity contribution is 9.10. The third-order valence-electron chi connectivity index (χ3n) is 3.41. The first-order chi connectivity index (χ1) is 14.5. The van der Waals surface area contributed by atoms with Crippen LogP contribution in [-0.2, 0) is 15.6 Å². The van der Waals surface area contributed by atoms with Crippen LogP contribution >= 0.6 is 15.9 Å². The van der Waals surface area contributed by atoms with Gasteiger partial charge in [-0.25, -0.2) is 19.2 Å². The summed E-state index contributed by atoms with van der Waals surface area (Å²) in [5.74, 6) is 0.0325. The minimum absolute atomic E-state index is 0.0325. The number of nitro groups is 1. The first-order valence-electron chi connectivity index (χ1n) is 8.14. The Morgan fingerprint density at radius 3 is 2.47 bits per heavy atom. The topological polar surface area (TPSA) is 129 Å². The summed E-state index contributed by atoms with van der Waals surface area (Å²) in [6.07, 6.45) is 5.02. The van der Waals surface area contributed by atoms with Crippen LogP contribution in [-0.4, -0.2) is 31.9 Å². The Hall–Kier alpha value is -3.51. The van der Waals surface area contributed by atoms with E-state index in [0.717, 1.165) is 12.8 Å². The fraction of sp³-hybridized carbons (Fsp3) is 0. The molecule has 0 bridgehead atoms. The van der Waals surface area contributed by atoms with E-state index in [1.807, 2.05) is 0 Å². The molecule has 1 atom stereocenters. The standard InChI is InChI=1S/C18H12BrN5O5S/c19-13-9-20-18(21-10-13)30(27)15-7-5-14(6-8-15)22-11-29-23-12-28-17-4-2-1-3-16(17)24(25)26/h1-12H. The molecule has 152 valence electrons. The Labute approximate surface area is 181 Å². The van der Waals surface area contributed by atoms with Gasteiger partial charge >= 0.3 is 5.69 Å². The summed E-state index contributed by atoms with van der Waals surface area (Å²) in [5, 5.41) is 14.6. The lowest BCUT2D eigenvalue weighted by molar-refractivity contribution is -0.385. The van der Waals surface area contributed by atoms with E-state index in [0.29, 0.717) is 15.1 Å². The van der Waals surface area contributed by atoms with Gasteiger partial charge in [-0.3, -0.25) is 10.1 Å². The number of nitrogens with zero attached hydrogens (tertiary/aromatic N) is 5. The fourth-order valence-electron chi connectivity index (χ4n) is 2.08. The quantitative estimate of drug-likeness (QED) is 0.153. The van der Waals surface area contributed by atoms with Crippen molar-refractivity contribution < 1.29 is 18.7 Å². The van der Waals surface area contributed by atoms with Gasteiger partial charge < -0.3 is 9.57 Å². The van der Waals surface area contributed by atoms with Crippen LogP contribution in [0.15, 0.2) is 85.6 Å². The van der Waals surface area contributed by atoms with Crippen LogP contribution in [0.4, 0.5) is 11.4 Å². The largest absolute Gasteiger partial charge is 0.435 e. The molecule has 1 unspecified atom stereocenters. The van der Waals surface area contributed by atoms with Gasteiger partial charge in [-0.05, 0) is 51.4 Å². The average molecular weight is 490 g/mol. The number of hydrogen-bond donors (Lipinski definition) is 0. The van der Waals surface area contributed by atoms with E-state index < -0.39 is 15.7 Å². The number of aliphatic imine (C=N–C) groups is 1.